The monoisotopic (exact) mass is 526 g/mol. The van der Waals surface area contributed by atoms with Crippen LogP contribution in [0.3, 0.4) is 0 Å². The van der Waals surface area contributed by atoms with Gasteiger partial charge in [-0.1, -0.05) is 30.3 Å². The smallest absolute Gasteiger partial charge is 0.411 e. The number of para-hydroxylation sites is 1. The van der Waals surface area contributed by atoms with Crippen molar-refractivity contribution < 1.29 is 14.3 Å². The maximum absolute atomic E-state index is 11.2. The summed E-state index contributed by atoms with van der Waals surface area (Å²) < 4.78 is 10.6. The Morgan fingerprint density at radius 2 is 1.80 bits per heavy atom. The van der Waals surface area contributed by atoms with E-state index in [0.29, 0.717) is 18.8 Å². The van der Waals surface area contributed by atoms with Crippen LogP contribution >= 0.6 is 24.0 Å². The van der Waals surface area contributed by atoms with Crippen molar-refractivity contribution in [3.05, 3.63) is 59.7 Å². The van der Waals surface area contributed by atoms with Crippen LogP contribution in [0.4, 0.5) is 10.5 Å². The number of carbonyl (C=O) groups excluding carboxylic acids is 1. The molecule has 0 spiro atoms. The highest BCUT2D eigenvalue weighted by molar-refractivity contribution is 14.0. The lowest BCUT2D eigenvalue weighted by atomic mass is 10.2. The highest BCUT2D eigenvalue weighted by Crippen LogP contribution is 2.17. The minimum absolute atomic E-state index is 0. The minimum Gasteiger partial charge on any atom is -0.489 e. The molecule has 30 heavy (non-hydrogen) atoms. The Balaban J connectivity index is 0.00000450. The standard InChI is InChI=1S/C22H30N4O3.HI/c1-5-23-21(24-14-17(3)29-20-9-7-6-8-16(20)2)25-15-18-10-12-19(13-11-18)26-22(27)28-4;/h6-13,17H,5,14-15H2,1-4H3,(H,26,27)(H2,23,24,25);1H. The molecule has 0 aromatic heterocycles. The van der Waals surface area contributed by atoms with Crippen molar-refractivity contribution in [1.82, 2.24) is 10.6 Å². The Labute approximate surface area is 195 Å². The number of rotatable bonds is 8. The van der Waals surface area contributed by atoms with E-state index in [1.807, 2.05) is 69.3 Å². The number of carbonyl (C=O) groups is 1. The number of guanidine groups is 1. The quantitative estimate of drug-likeness (QED) is 0.271. The molecule has 2 rings (SSSR count). The summed E-state index contributed by atoms with van der Waals surface area (Å²) in [5.74, 6) is 1.62. The van der Waals surface area contributed by atoms with Crippen molar-refractivity contribution in [3.8, 4) is 5.75 Å². The first-order valence-electron chi connectivity index (χ1n) is 9.70. The van der Waals surface area contributed by atoms with E-state index < -0.39 is 6.09 Å². The summed E-state index contributed by atoms with van der Waals surface area (Å²) in [5, 5.41) is 9.18. The van der Waals surface area contributed by atoms with Gasteiger partial charge in [0.1, 0.15) is 11.9 Å². The van der Waals surface area contributed by atoms with Crippen molar-refractivity contribution in [2.75, 3.05) is 25.5 Å². The lowest BCUT2D eigenvalue weighted by Gasteiger charge is -2.18. The number of ether oxygens (including phenoxy) is 2. The first-order valence-corrected chi connectivity index (χ1v) is 9.70. The highest BCUT2D eigenvalue weighted by atomic mass is 127. The molecule has 0 aliphatic heterocycles. The topological polar surface area (TPSA) is 84.0 Å². The van der Waals surface area contributed by atoms with Crippen molar-refractivity contribution in [2.45, 2.75) is 33.4 Å². The molecular weight excluding hydrogens is 495 g/mol. The third-order valence-electron chi connectivity index (χ3n) is 4.13. The van der Waals surface area contributed by atoms with Crippen LogP contribution in [0.1, 0.15) is 25.0 Å². The van der Waals surface area contributed by atoms with Crippen LogP contribution in [0, 0.1) is 6.92 Å². The molecule has 0 saturated carbocycles. The van der Waals surface area contributed by atoms with Crippen molar-refractivity contribution >= 4 is 41.7 Å². The number of benzene rings is 2. The van der Waals surface area contributed by atoms with Gasteiger partial charge in [0, 0.05) is 12.2 Å². The first kappa shape index (κ1) is 25.5. The SMILES string of the molecule is CCNC(=NCc1ccc(NC(=O)OC)cc1)NCC(C)Oc1ccccc1C.I. The van der Waals surface area contributed by atoms with Crippen LogP contribution in [0.5, 0.6) is 5.75 Å². The van der Waals surface area contributed by atoms with Crippen LogP contribution < -0.4 is 20.7 Å². The summed E-state index contributed by atoms with van der Waals surface area (Å²) in [4.78, 5) is 15.8. The zero-order valence-electron chi connectivity index (χ0n) is 17.9. The molecule has 0 aliphatic carbocycles. The number of amides is 1. The second kappa shape index (κ2) is 13.7. The largest absolute Gasteiger partial charge is 0.489 e. The molecule has 1 amide bonds. The van der Waals surface area contributed by atoms with E-state index in [1.54, 1.807) is 0 Å². The predicted molar refractivity (Wildman–Crippen MR) is 132 cm³/mol. The van der Waals surface area contributed by atoms with E-state index in [4.69, 9.17) is 4.74 Å². The average Bonchev–Trinajstić information content (AvgIpc) is 2.72. The maximum atomic E-state index is 11.2. The molecule has 0 saturated heterocycles. The van der Waals surface area contributed by atoms with Crippen LogP contribution in [-0.2, 0) is 11.3 Å². The van der Waals surface area contributed by atoms with Gasteiger partial charge in [-0.05, 0) is 50.1 Å². The third-order valence-corrected chi connectivity index (χ3v) is 4.13. The summed E-state index contributed by atoms with van der Waals surface area (Å²) in [7, 11) is 1.33. The van der Waals surface area contributed by atoms with E-state index in [2.05, 4.69) is 25.7 Å². The van der Waals surface area contributed by atoms with Crippen molar-refractivity contribution in [2.24, 2.45) is 4.99 Å². The van der Waals surface area contributed by atoms with Crippen LogP contribution in [-0.4, -0.2) is 38.4 Å². The van der Waals surface area contributed by atoms with Crippen molar-refractivity contribution in [3.63, 3.8) is 0 Å². The Morgan fingerprint density at radius 3 is 2.43 bits per heavy atom. The Hall–Kier alpha value is -2.49. The number of nitrogens with zero attached hydrogens (tertiary/aromatic N) is 1. The normalized spacial score (nSPS) is 11.7. The van der Waals surface area contributed by atoms with Gasteiger partial charge in [-0.3, -0.25) is 5.32 Å². The van der Waals surface area contributed by atoms with Gasteiger partial charge in [0.25, 0.3) is 0 Å². The summed E-state index contributed by atoms with van der Waals surface area (Å²) in [6.07, 6.45) is -0.500. The zero-order valence-corrected chi connectivity index (χ0v) is 20.2. The Bertz CT molecular complexity index is 812. The number of aryl methyl sites for hydroxylation is 1. The molecule has 7 nitrogen and oxygen atoms in total. The molecule has 164 valence electrons. The Morgan fingerprint density at radius 1 is 1.10 bits per heavy atom. The van der Waals surface area contributed by atoms with Gasteiger partial charge in [-0.2, -0.15) is 0 Å². The number of methoxy groups -OCH3 is 1. The fourth-order valence-electron chi connectivity index (χ4n) is 2.56. The fourth-order valence-corrected chi connectivity index (χ4v) is 2.56. The molecule has 2 aromatic rings. The lowest BCUT2D eigenvalue weighted by molar-refractivity contribution is 0.187. The van der Waals surface area contributed by atoms with Crippen molar-refractivity contribution in [1.29, 1.82) is 0 Å². The fraction of sp³-hybridized carbons (Fsp3) is 0.364. The molecule has 1 unspecified atom stereocenters. The maximum Gasteiger partial charge on any atom is 0.411 e. The molecule has 3 N–H and O–H groups in total. The number of hydrogen-bond acceptors (Lipinski definition) is 4. The summed E-state index contributed by atoms with van der Waals surface area (Å²) in [6.45, 7) is 7.99. The number of anilines is 1. The van der Waals surface area contributed by atoms with Crippen LogP contribution in [0.2, 0.25) is 0 Å². The summed E-state index contributed by atoms with van der Waals surface area (Å²) >= 11 is 0. The molecular formula is C22H31IN4O3. The van der Waals surface area contributed by atoms with E-state index in [1.165, 1.54) is 7.11 Å². The molecule has 0 heterocycles. The molecule has 0 aliphatic rings. The summed E-state index contributed by atoms with van der Waals surface area (Å²) in [5.41, 5.74) is 2.82. The number of nitrogens with one attached hydrogen (secondary N) is 3. The second-order valence-corrected chi connectivity index (χ2v) is 6.58. The van der Waals surface area contributed by atoms with Gasteiger partial charge in [0.2, 0.25) is 0 Å². The zero-order chi connectivity index (χ0) is 21.1. The number of hydrogen-bond donors (Lipinski definition) is 3. The van der Waals surface area contributed by atoms with E-state index in [9.17, 15) is 4.79 Å². The van der Waals surface area contributed by atoms with Gasteiger partial charge in [-0.15, -0.1) is 24.0 Å². The van der Waals surface area contributed by atoms with Gasteiger partial charge in [0.05, 0.1) is 20.2 Å². The third kappa shape index (κ3) is 8.89. The average molecular weight is 526 g/mol. The van der Waals surface area contributed by atoms with Crippen LogP contribution in [0.25, 0.3) is 0 Å². The van der Waals surface area contributed by atoms with E-state index in [0.717, 1.165) is 29.4 Å². The number of aliphatic imine (C=N–C) groups is 1. The van der Waals surface area contributed by atoms with E-state index in [-0.39, 0.29) is 30.1 Å². The Kier molecular flexibility index (Phi) is 11.7. The van der Waals surface area contributed by atoms with Gasteiger partial charge < -0.3 is 20.1 Å². The minimum atomic E-state index is -0.489. The number of halogens is 1. The highest BCUT2D eigenvalue weighted by Gasteiger charge is 2.07. The first-order chi connectivity index (χ1) is 14.0. The lowest BCUT2D eigenvalue weighted by Crippen LogP contribution is -2.41. The van der Waals surface area contributed by atoms with Gasteiger partial charge >= 0.3 is 6.09 Å². The molecule has 2 aromatic carbocycles. The second-order valence-electron chi connectivity index (χ2n) is 6.58. The summed E-state index contributed by atoms with van der Waals surface area (Å²) in [6, 6.07) is 15.5. The van der Waals surface area contributed by atoms with Crippen LogP contribution in [0.15, 0.2) is 53.5 Å². The molecule has 8 heteroatoms. The molecule has 0 radical (unpaired) electrons. The van der Waals surface area contributed by atoms with E-state index >= 15 is 0 Å². The van der Waals surface area contributed by atoms with Gasteiger partial charge in [0.15, 0.2) is 5.96 Å². The molecule has 0 fully saturated rings. The molecule has 1 atom stereocenters. The van der Waals surface area contributed by atoms with Gasteiger partial charge in [-0.25, -0.2) is 9.79 Å². The molecule has 0 bridgehead atoms. The predicted octanol–water partition coefficient (Wildman–Crippen LogP) is 4.31.